The highest BCUT2D eigenvalue weighted by Gasteiger charge is 2.34. The quantitative estimate of drug-likeness (QED) is 0.562. The van der Waals surface area contributed by atoms with Gasteiger partial charge in [0.05, 0.1) is 6.04 Å². The molecule has 2 aliphatic rings. The first-order valence-electron chi connectivity index (χ1n) is 4.78. The van der Waals surface area contributed by atoms with Gasteiger partial charge in [0.15, 0.2) is 0 Å². The molecular formula is C9H16N2O. The maximum atomic E-state index is 11.6. The maximum Gasteiger partial charge on any atom is 0.239 e. The van der Waals surface area contributed by atoms with E-state index in [4.69, 9.17) is 0 Å². The van der Waals surface area contributed by atoms with E-state index in [1.165, 1.54) is 12.8 Å². The summed E-state index contributed by atoms with van der Waals surface area (Å²) in [4.78, 5) is 15.8. The second-order valence-electron chi connectivity index (χ2n) is 3.81. The van der Waals surface area contributed by atoms with Crippen LogP contribution in [0.1, 0.15) is 19.3 Å². The Morgan fingerprint density at radius 3 is 2.42 bits per heavy atom. The number of likely N-dealkylation sites (tertiary alicyclic amines) is 2. The van der Waals surface area contributed by atoms with E-state index in [-0.39, 0.29) is 6.04 Å². The molecule has 0 saturated carbocycles. The monoisotopic (exact) mass is 168 g/mol. The van der Waals surface area contributed by atoms with Crippen LogP contribution in [0.4, 0.5) is 0 Å². The highest BCUT2D eigenvalue weighted by molar-refractivity contribution is 5.83. The number of rotatable bonds is 1. The van der Waals surface area contributed by atoms with Crippen LogP contribution in [-0.4, -0.2) is 48.4 Å². The van der Waals surface area contributed by atoms with E-state index in [0.29, 0.717) is 5.91 Å². The first-order chi connectivity index (χ1) is 5.79. The summed E-state index contributed by atoms with van der Waals surface area (Å²) in [6.07, 6.45) is 3.58. The molecule has 2 heterocycles. The summed E-state index contributed by atoms with van der Waals surface area (Å²) in [6.45, 7) is 3.20. The summed E-state index contributed by atoms with van der Waals surface area (Å²) in [5, 5.41) is 0. The van der Waals surface area contributed by atoms with Crippen LogP contribution >= 0.6 is 0 Å². The lowest BCUT2D eigenvalue weighted by molar-refractivity contribution is -0.130. The average Bonchev–Trinajstić information content (AvgIpc) is 2.64. The molecule has 2 rings (SSSR count). The maximum absolute atomic E-state index is 11.6. The zero-order valence-corrected chi connectivity index (χ0v) is 7.62. The fourth-order valence-electron chi connectivity index (χ4n) is 2.20. The zero-order chi connectivity index (χ0) is 8.55. The molecule has 68 valence electrons. The third kappa shape index (κ3) is 1.22. The van der Waals surface area contributed by atoms with Gasteiger partial charge in [0.25, 0.3) is 0 Å². The summed E-state index contributed by atoms with van der Waals surface area (Å²) in [5.41, 5.74) is 0. The number of nitrogens with zero attached hydrogens (tertiary/aromatic N) is 2. The summed E-state index contributed by atoms with van der Waals surface area (Å²) < 4.78 is 0. The van der Waals surface area contributed by atoms with Gasteiger partial charge < -0.3 is 4.90 Å². The van der Waals surface area contributed by atoms with Crippen molar-refractivity contribution in [2.45, 2.75) is 25.3 Å². The van der Waals surface area contributed by atoms with E-state index < -0.39 is 0 Å². The van der Waals surface area contributed by atoms with E-state index in [2.05, 4.69) is 4.90 Å². The standard InChI is InChI=1S/C9H16N2O/c1-10-7-4-8(9(10)12)11-5-2-3-6-11/h8H,2-7H2,1H3. The fraction of sp³-hybridized carbons (Fsp3) is 0.889. The van der Waals surface area contributed by atoms with Crippen LogP contribution in [0.3, 0.4) is 0 Å². The van der Waals surface area contributed by atoms with Gasteiger partial charge in [-0.05, 0) is 32.4 Å². The molecule has 1 amide bonds. The molecule has 2 fully saturated rings. The minimum atomic E-state index is 0.220. The number of carbonyl (C=O) groups excluding carboxylic acids is 1. The van der Waals surface area contributed by atoms with E-state index in [0.717, 1.165) is 26.1 Å². The van der Waals surface area contributed by atoms with Gasteiger partial charge in [-0.2, -0.15) is 0 Å². The zero-order valence-electron chi connectivity index (χ0n) is 7.62. The van der Waals surface area contributed by atoms with Crippen LogP contribution < -0.4 is 0 Å². The third-order valence-corrected chi connectivity index (χ3v) is 2.98. The molecule has 3 nitrogen and oxygen atoms in total. The van der Waals surface area contributed by atoms with E-state index in [9.17, 15) is 4.79 Å². The summed E-state index contributed by atoms with van der Waals surface area (Å²) in [5.74, 6) is 0.330. The lowest BCUT2D eigenvalue weighted by Gasteiger charge is -2.21. The van der Waals surface area contributed by atoms with Crippen LogP contribution in [0, 0.1) is 0 Å². The SMILES string of the molecule is CN1CCC(N2CCCC2)C1=O. The van der Waals surface area contributed by atoms with Gasteiger partial charge in [-0.3, -0.25) is 9.69 Å². The number of hydrogen-bond acceptors (Lipinski definition) is 2. The van der Waals surface area contributed by atoms with Crippen molar-refractivity contribution in [1.29, 1.82) is 0 Å². The van der Waals surface area contributed by atoms with E-state index in [1.54, 1.807) is 0 Å². The van der Waals surface area contributed by atoms with Crippen molar-refractivity contribution in [3.63, 3.8) is 0 Å². The van der Waals surface area contributed by atoms with Gasteiger partial charge in [-0.1, -0.05) is 0 Å². The van der Waals surface area contributed by atoms with Gasteiger partial charge in [0.1, 0.15) is 0 Å². The highest BCUT2D eigenvalue weighted by Crippen LogP contribution is 2.20. The molecule has 0 spiro atoms. The third-order valence-electron chi connectivity index (χ3n) is 2.98. The Balaban J connectivity index is 1.99. The molecule has 0 N–H and O–H groups in total. The predicted molar refractivity (Wildman–Crippen MR) is 46.8 cm³/mol. The van der Waals surface area contributed by atoms with Crippen molar-refractivity contribution in [3.8, 4) is 0 Å². The van der Waals surface area contributed by atoms with Crippen LogP contribution in [0.15, 0.2) is 0 Å². The Morgan fingerprint density at radius 1 is 1.25 bits per heavy atom. The summed E-state index contributed by atoms with van der Waals surface area (Å²) in [7, 11) is 1.90. The van der Waals surface area contributed by atoms with Crippen molar-refractivity contribution in [2.24, 2.45) is 0 Å². The molecule has 0 aromatic heterocycles. The van der Waals surface area contributed by atoms with E-state index >= 15 is 0 Å². The largest absolute Gasteiger partial charge is 0.344 e. The van der Waals surface area contributed by atoms with Gasteiger partial charge in [0, 0.05) is 13.6 Å². The molecular weight excluding hydrogens is 152 g/mol. The Hall–Kier alpha value is -0.570. The summed E-state index contributed by atoms with van der Waals surface area (Å²) in [6, 6.07) is 0.220. The van der Waals surface area contributed by atoms with Gasteiger partial charge in [-0.25, -0.2) is 0 Å². The first-order valence-corrected chi connectivity index (χ1v) is 4.78. The van der Waals surface area contributed by atoms with Crippen LogP contribution in [0.25, 0.3) is 0 Å². The van der Waals surface area contributed by atoms with Crippen molar-refractivity contribution < 1.29 is 4.79 Å². The molecule has 12 heavy (non-hydrogen) atoms. The van der Waals surface area contributed by atoms with Crippen LogP contribution in [-0.2, 0) is 4.79 Å². The van der Waals surface area contributed by atoms with Crippen molar-refractivity contribution in [1.82, 2.24) is 9.80 Å². The minimum absolute atomic E-state index is 0.220. The molecule has 2 aliphatic heterocycles. The molecule has 3 heteroatoms. The van der Waals surface area contributed by atoms with Gasteiger partial charge in [-0.15, -0.1) is 0 Å². The minimum Gasteiger partial charge on any atom is -0.344 e. The summed E-state index contributed by atoms with van der Waals surface area (Å²) >= 11 is 0. The molecule has 0 aromatic carbocycles. The molecule has 0 aromatic rings. The van der Waals surface area contributed by atoms with Crippen LogP contribution in [0.2, 0.25) is 0 Å². The molecule has 1 unspecified atom stereocenters. The molecule has 1 atom stereocenters. The number of hydrogen-bond donors (Lipinski definition) is 0. The molecule has 0 bridgehead atoms. The topological polar surface area (TPSA) is 23.6 Å². The smallest absolute Gasteiger partial charge is 0.239 e. The molecule has 0 aliphatic carbocycles. The lowest BCUT2D eigenvalue weighted by Crippen LogP contribution is -2.39. The highest BCUT2D eigenvalue weighted by atomic mass is 16.2. The first kappa shape index (κ1) is 8.05. The second-order valence-corrected chi connectivity index (χ2v) is 3.81. The van der Waals surface area contributed by atoms with Gasteiger partial charge in [0.2, 0.25) is 5.91 Å². The van der Waals surface area contributed by atoms with Crippen LogP contribution in [0.5, 0.6) is 0 Å². The Morgan fingerprint density at radius 2 is 1.92 bits per heavy atom. The second kappa shape index (κ2) is 3.05. The van der Waals surface area contributed by atoms with Crippen molar-refractivity contribution in [2.75, 3.05) is 26.7 Å². The normalized spacial score (nSPS) is 31.9. The van der Waals surface area contributed by atoms with Crippen molar-refractivity contribution >= 4 is 5.91 Å². The molecule has 2 saturated heterocycles. The Labute approximate surface area is 73.3 Å². The lowest BCUT2D eigenvalue weighted by atomic mass is 10.2. The fourth-order valence-corrected chi connectivity index (χ4v) is 2.20. The van der Waals surface area contributed by atoms with Crippen molar-refractivity contribution in [3.05, 3.63) is 0 Å². The van der Waals surface area contributed by atoms with Gasteiger partial charge >= 0.3 is 0 Å². The number of likely N-dealkylation sites (N-methyl/N-ethyl adjacent to an activating group) is 1. The van der Waals surface area contributed by atoms with E-state index in [1.807, 2.05) is 11.9 Å². The Kier molecular flexibility index (Phi) is 2.05. The molecule has 0 radical (unpaired) electrons. The Bertz CT molecular complexity index is 187. The average molecular weight is 168 g/mol. The number of amides is 1. The number of carbonyl (C=O) groups is 1. The predicted octanol–water partition coefficient (Wildman–Crippen LogP) is 0.313.